The molecule has 1 aromatic heterocycles. The zero-order valence-corrected chi connectivity index (χ0v) is 10.7. The number of aromatic nitrogens is 1. The summed E-state index contributed by atoms with van der Waals surface area (Å²) in [6.07, 6.45) is 4.29. The summed E-state index contributed by atoms with van der Waals surface area (Å²) in [5.74, 6) is 0.887. The fourth-order valence-corrected chi connectivity index (χ4v) is 2.36. The lowest BCUT2D eigenvalue weighted by Gasteiger charge is -2.22. The van der Waals surface area contributed by atoms with Crippen molar-refractivity contribution >= 4 is 16.7 Å². The third-order valence-electron chi connectivity index (χ3n) is 3.43. The summed E-state index contributed by atoms with van der Waals surface area (Å²) in [6, 6.07) is 12.5. The van der Waals surface area contributed by atoms with Gasteiger partial charge in [0.15, 0.2) is 0 Å². The van der Waals surface area contributed by atoms with E-state index in [0.29, 0.717) is 11.6 Å². The molecule has 1 saturated carbocycles. The number of fused-ring (bicyclic) bond motifs is 1. The number of rotatable bonds is 4. The first kappa shape index (κ1) is 11.7. The van der Waals surface area contributed by atoms with E-state index in [4.69, 9.17) is 4.98 Å². The van der Waals surface area contributed by atoms with Crippen molar-refractivity contribution in [3.8, 4) is 6.07 Å². The second kappa shape index (κ2) is 4.74. The van der Waals surface area contributed by atoms with E-state index < -0.39 is 0 Å². The molecule has 1 aliphatic carbocycles. The van der Waals surface area contributed by atoms with Gasteiger partial charge >= 0.3 is 0 Å². The maximum Gasteiger partial charge on any atom is 0.131 e. The van der Waals surface area contributed by atoms with Crippen LogP contribution in [0.4, 0.5) is 5.82 Å². The predicted octanol–water partition coefficient (Wildman–Crippen LogP) is 3.26. The van der Waals surface area contributed by atoms with Gasteiger partial charge in [0.2, 0.25) is 0 Å². The summed E-state index contributed by atoms with van der Waals surface area (Å²) in [5, 5.41) is 10.2. The van der Waals surface area contributed by atoms with Crippen LogP contribution in [0.25, 0.3) is 10.9 Å². The van der Waals surface area contributed by atoms with Gasteiger partial charge in [-0.25, -0.2) is 4.98 Å². The Labute approximate surface area is 112 Å². The SMILES string of the molecule is C=CCN(c1cc(C#N)c2ccccc2n1)C1CC1. The smallest absolute Gasteiger partial charge is 0.131 e. The van der Waals surface area contributed by atoms with Gasteiger partial charge in [-0.1, -0.05) is 24.3 Å². The quantitative estimate of drug-likeness (QED) is 0.781. The fourth-order valence-electron chi connectivity index (χ4n) is 2.36. The largest absolute Gasteiger partial charge is 0.350 e. The molecule has 0 amide bonds. The van der Waals surface area contributed by atoms with Gasteiger partial charge in [0.1, 0.15) is 5.82 Å². The summed E-state index contributed by atoms with van der Waals surface area (Å²) in [4.78, 5) is 6.93. The first-order valence-corrected chi connectivity index (χ1v) is 6.51. The molecule has 94 valence electrons. The number of para-hydroxylation sites is 1. The van der Waals surface area contributed by atoms with E-state index in [-0.39, 0.29) is 0 Å². The first-order valence-electron chi connectivity index (χ1n) is 6.51. The second-order valence-electron chi connectivity index (χ2n) is 4.83. The molecule has 0 atom stereocenters. The summed E-state index contributed by atoms with van der Waals surface area (Å²) >= 11 is 0. The summed E-state index contributed by atoms with van der Waals surface area (Å²) < 4.78 is 0. The lowest BCUT2D eigenvalue weighted by atomic mass is 10.1. The Balaban J connectivity index is 2.13. The number of benzene rings is 1. The highest BCUT2D eigenvalue weighted by Crippen LogP contribution is 2.32. The van der Waals surface area contributed by atoms with E-state index in [0.717, 1.165) is 23.3 Å². The van der Waals surface area contributed by atoms with Gasteiger partial charge in [-0.3, -0.25) is 0 Å². The van der Waals surface area contributed by atoms with Crippen molar-refractivity contribution in [2.45, 2.75) is 18.9 Å². The molecular weight excluding hydrogens is 234 g/mol. The number of nitrogens with zero attached hydrogens (tertiary/aromatic N) is 3. The topological polar surface area (TPSA) is 39.9 Å². The minimum Gasteiger partial charge on any atom is -0.350 e. The molecule has 0 radical (unpaired) electrons. The summed E-state index contributed by atoms with van der Waals surface area (Å²) in [5.41, 5.74) is 1.57. The van der Waals surface area contributed by atoms with Gasteiger partial charge < -0.3 is 4.90 Å². The van der Waals surface area contributed by atoms with Crippen LogP contribution in [0.2, 0.25) is 0 Å². The lowest BCUT2D eigenvalue weighted by molar-refractivity contribution is 0.844. The molecule has 3 heteroatoms. The van der Waals surface area contributed by atoms with Gasteiger partial charge in [-0.2, -0.15) is 5.26 Å². The maximum absolute atomic E-state index is 9.31. The molecule has 0 spiro atoms. The van der Waals surface area contributed by atoms with Gasteiger partial charge in [0.05, 0.1) is 17.1 Å². The first-order chi connectivity index (χ1) is 9.33. The third kappa shape index (κ3) is 2.17. The molecular formula is C16H15N3. The Morgan fingerprint density at radius 2 is 2.21 bits per heavy atom. The molecule has 0 unspecified atom stereocenters. The molecule has 0 aliphatic heterocycles. The fraction of sp³-hybridized carbons (Fsp3) is 0.250. The molecule has 0 N–H and O–H groups in total. The van der Waals surface area contributed by atoms with Crippen molar-refractivity contribution in [1.82, 2.24) is 4.98 Å². The van der Waals surface area contributed by atoms with Crippen molar-refractivity contribution in [3.05, 3.63) is 48.6 Å². The molecule has 1 aliphatic rings. The van der Waals surface area contributed by atoms with Gasteiger partial charge in [0, 0.05) is 18.0 Å². The van der Waals surface area contributed by atoms with Crippen molar-refractivity contribution in [2.24, 2.45) is 0 Å². The molecule has 1 aromatic carbocycles. The third-order valence-corrected chi connectivity index (χ3v) is 3.43. The zero-order valence-electron chi connectivity index (χ0n) is 10.7. The molecule has 2 aromatic rings. The van der Waals surface area contributed by atoms with Crippen molar-refractivity contribution in [1.29, 1.82) is 5.26 Å². The minimum absolute atomic E-state index is 0.554. The Hall–Kier alpha value is -2.34. The van der Waals surface area contributed by atoms with E-state index in [1.165, 1.54) is 12.8 Å². The maximum atomic E-state index is 9.31. The van der Waals surface area contributed by atoms with Crippen LogP contribution in [-0.2, 0) is 0 Å². The summed E-state index contributed by atoms with van der Waals surface area (Å²) in [7, 11) is 0. The van der Waals surface area contributed by atoms with Crippen molar-refractivity contribution < 1.29 is 0 Å². The highest BCUT2D eigenvalue weighted by atomic mass is 15.2. The van der Waals surface area contributed by atoms with E-state index in [2.05, 4.69) is 17.5 Å². The van der Waals surface area contributed by atoms with Crippen LogP contribution in [-0.4, -0.2) is 17.6 Å². The highest BCUT2D eigenvalue weighted by Gasteiger charge is 2.29. The normalized spacial score (nSPS) is 14.1. The second-order valence-corrected chi connectivity index (χ2v) is 4.83. The van der Waals surface area contributed by atoms with E-state index in [1.807, 2.05) is 36.4 Å². The molecule has 3 rings (SSSR count). The average molecular weight is 249 g/mol. The number of anilines is 1. The lowest BCUT2D eigenvalue weighted by Crippen LogP contribution is -2.26. The molecule has 19 heavy (non-hydrogen) atoms. The molecule has 1 heterocycles. The van der Waals surface area contributed by atoms with E-state index in [9.17, 15) is 5.26 Å². The highest BCUT2D eigenvalue weighted by molar-refractivity contribution is 5.86. The number of pyridine rings is 1. The van der Waals surface area contributed by atoms with Crippen LogP contribution in [0.15, 0.2) is 43.0 Å². The Morgan fingerprint density at radius 3 is 2.89 bits per heavy atom. The predicted molar refractivity (Wildman–Crippen MR) is 77.0 cm³/mol. The molecule has 1 fully saturated rings. The average Bonchev–Trinajstić information content (AvgIpc) is 3.28. The minimum atomic E-state index is 0.554. The summed E-state index contributed by atoms with van der Waals surface area (Å²) in [6.45, 7) is 4.59. The van der Waals surface area contributed by atoms with E-state index >= 15 is 0 Å². The Morgan fingerprint density at radius 1 is 1.42 bits per heavy atom. The Bertz CT molecular complexity index is 665. The molecule has 3 nitrogen and oxygen atoms in total. The van der Waals surface area contributed by atoms with Crippen LogP contribution >= 0.6 is 0 Å². The standard InChI is InChI=1S/C16H15N3/c1-2-9-19(13-7-8-13)16-10-12(11-17)14-5-3-4-6-15(14)18-16/h2-6,10,13H,1,7-9H2. The van der Waals surface area contributed by atoms with Crippen LogP contribution in [0, 0.1) is 11.3 Å². The number of hydrogen-bond acceptors (Lipinski definition) is 3. The van der Waals surface area contributed by atoms with Crippen molar-refractivity contribution in [2.75, 3.05) is 11.4 Å². The van der Waals surface area contributed by atoms with Crippen molar-refractivity contribution in [3.63, 3.8) is 0 Å². The van der Waals surface area contributed by atoms with Gasteiger partial charge in [-0.15, -0.1) is 6.58 Å². The molecule has 0 bridgehead atoms. The van der Waals surface area contributed by atoms with Crippen LogP contribution in [0.1, 0.15) is 18.4 Å². The number of hydrogen-bond donors (Lipinski definition) is 0. The van der Waals surface area contributed by atoms with Gasteiger partial charge in [-0.05, 0) is 25.0 Å². The van der Waals surface area contributed by atoms with Crippen LogP contribution in [0.5, 0.6) is 0 Å². The Kier molecular flexibility index (Phi) is 2.92. The molecule has 0 saturated heterocycles. The number of nitriles is 1. The zero-order chi connectivity index (χ0) is 13.2. The van der Waals surface area contributed by atoms with E-state index in [1.54, 1.807) is 0 Å². The van der Waals surface area contributed by atoms with Crippen LogP contribution in [0.3, 0.4) is 0 Å². The van der Waals surface area contributed by atoms with Crippen LogP contribution < -0.4 is 4.90 Å². The van der Waals surface area contributed by atoms with Gasteiger partial charge in [0.25, 0.3) is 0 Å². The monoisotopic (exact) mass is 249 g/mol.